The smallest absolute Gasteiger partial charge is 0.314 e. The highest BCUT2D eigenvalue weighted by Crippen LogP contribution is 2.31. The van der Waals surface area contributed by atoms with Crippen LogP contribution in [0.2, 0.25) is 0 Å². The van der Waals surface area contributed by atoms with Crippen LogP contribution in [-0.2, 0) is 14.3 Å². The molecule has 0 aromatic carbocycles. The molecule has 108 valence electrons. The van der Waals surface area contributed by atoms with E-state index in [4.69, 9.17) is 19.7 Å². The van der Waals surface area contributed by atoms with Crippen molar-refractivity contribution in [3.63, 3.8) is 0 Å². The second-order valence-corrected chi connectivity index (χ2v) is 5.07. The van der Waals surface area contributed by atoms with Gasteiger partial charge in [0, 0.05) is 25.9 Å². The zero-order valence-corrected chi connectivity index (χ0v) is 11.8. The monoisotopic (exact) mass is 269 g/mol. The van der Waals surface area contributed by atoms with Gasteiger partial charge in [0.15, 0.2) is 5.79 Å². The van der Waals surface area contributed by atoms with Crippen molar-refractivity contribution >= 4 is 11.7 Å². The molecule has 6 nitrogen and oxygen atoms in total. The maximum absolute atomic E-state index is 7.88. The fourth-order valence-electron chi connectivity index (χ4n) is 2.42. The number of oxime groups is 1. The Labute approximate surface area is 114 Å². The summed E-state index contributed by atoms with van der Waals surface area (Å²) in [4.78, 5) is 7.04. The van der Waals surface area contributed by atoms with Gasteiger partial charge in [0.05, 0.1) is 18.9 Å². The highest BCUT2D eigenvalue weighted by molar-refractivity contribution is 5.82. The van der Waals surface area contributed by atoms with Crippen LogP contribution in [0, 0.1) is 5.41 Å². The number of hydrogen-bond donors (Lipinski definition) is 1. The highest BCUT2D eigenvalue weighted by Gasteiger charge is 2.40. The topological polar surface area (TPSA) is 67.1 Å². The van der Waals surface area contributed by atoms with Crippen LogP contribution in [-0.4, -0.2) is 48.7 Å². The minimum absolute atomic E-state index is 0.114. The summed E-state index contributed by atoms with van der Waals surface area (Å²) in [7, 11) is 0. The van der Waals surface area contributed by atoms with Gasteiger partial charge in [0.1, 0.15) is 0 Å². The number of nitrogens with one attached hydrogen (secondary N) is 1. The third kappa shape index (κ3) is 3.67. The van der Waals surface area contributed by atoms with Gasteiger partial charge in [-0.2, -0.15) is 0 Å². The molecule has 2 saturated heterocycles. The summed E-state index contributed by atoms with van der Waals surface area (Å²) in [6.07, 6.45) is 3.48. The van der Waals surface area contributed by atoms with Crippen LogP contribution in [0.4, 0.5) is 0 Å². The average Bonchev–Trinajstić information content (AvgIpc) is 2.86. The first kappa shape index (κ1) is 14.3. The first-order valence-electron chi connectivity index (χ1n) is 6.97. The normalized spacial score (nSPS) is 22.8. The summed E-state index contributed by atoms with van der Waals surface area (Å²) < 4.78 is 11.3. The van der Waals surface area contributed by atoms with E-state index >= 15 is 0 Å². The van der Waals surface area contributed by atoms with Gasteiger partial charge in [0.2, 0.25) is 0 Å². The molecule has 0 bridgehead atoms. The summed E-state index contributed by atoms with van der Waals surface area (Å²) in [5.74, 6) is -0.405. The molecule has 1 N–H and O–H groups in total. The quantitative estimate of drug-likeness (QED) is 0.483. The van der Waals surface area contributed by atoms with Gasteiger partial charge in [-0.3, -0.25) is 0 Å². The highest BCUT2D eigenvalue weighted by atomic mass is 16.7. The molecule has 2 aliphatic rings. The summed E-state index contributed by atoms with van der Waals surface area (Å²) >= 11 is 0. The predicted molar refractivity (Wildman–Crippen MR) is 72.3 cm³/mol. The number of amidine groups is 1. The van der Waals surface area contributed by atoms with Crippen molar-refractivity contribution in [2.45, 2.75) is 45.3 Å². The van der Waals surface area contributed by atoms with E-state index in [1.165, 1.54) is 0 Å². The molecule has 0 amide bonds. The first-order valence-corrected chi connectivity index (χ1v) is 6.97. The molecule has 2 fully saturated rings. The lowest BCUT2D eigenvalue weighted by molar-refractivity contribution is -0.181. The Morgan fingerprint density at radius 2 is 1.95 bits per heavy atom. The van der Waals surface area contributed by atoms with Crippen molar-refractivity contribution < 1.29 is 14.3 Å². The third-order valence-electron chi connectivity index (χ3n) is 3.53. The van der Waals surface area contributed by atoms with Crippen LogP contribution in [0.15, 0.2) is 5.16 Å². The fraction of sp³-hybridized carbons (Fsp3) is 0.846. The SMILES string of the molecule is CCC/C(C)=N/OC(=N)N1CCC2(CC1)OCCO2. The van der Waals surface area contributed by atoms with Crippen LogP contribution >= 0.6 is 0 Å². The van der Waals surface area contributed by atoms with Crippen LogP contribution in [0.1, 0.15) is 39.5 Å². The largest absolute Gasteiger partial charge is 0.347 e. The molecule has 0 radical (unpaired) electrons. The van der Waals surface area contributed by atoms with Crippen molar-refractivity contribution in [3.05, 3.63) is 0 Å². The second-order valence-electron chi connectivity index (χ2n) is 5.07. The van der Waals surface area contributed by atoms with E-state index in [1.807, 2.05) is 11.8 Å². The molecule has 19 heavy (non-hydrogen) atoms. The van der Waals surface area contributed by atoms with Crippen molar-refractivity contribution in [3.8, 4) is 0 Å². The van der Waals surface area contributed by atoms with E-state index in [9.17, 15) is 0 Å². The van der Waals surface area contributed by atoms with Gasteiger partial charge >= 0.3 is 6.02 Å². The lowest BCUT2D eigenvalue weighted by atomic mass is 10.0. The first-order chi connectivity index (χ1) is 9.15. The molecule has 0 saturated carbocycles. The Balaban J connectivity index is 1.77. The van der Waals surface area contributed by atoms with Gasteiger partial charge in [-0.15, -0.1) is 0 Å². The van der Waals surface area contributed by atoms with Crippen LogP contribution in [0.25, 0.3) is 0 Å². The molecule has 0 aliphatic carbocycles. The molecule has 0 unspecified atom stereocenters. The second kappa shape index (κ2) is 6.34. The predicted octanol–water partition coefficient (Wildman–Crippen LogP) is 1.95. The van der Waals surface area contributed by atoms with Crippen LogP contribution < -0.4 is 0 Å². The lowest BCUT2D eigenvalue weighted by Crippen LogP contribution is -2.47. The van der Waals surface area contributed by atoms with E-state index in [1.54, 1.807) is 0 Å². The van der Waals surface area contributed by atoms with E-state index < -0.39 is 5.79 Å². The molecule has 2 rings (SSSR count). The van der Waals surface area contributed by atoms with E-state index in [0.29, 0.717) is 26.3 Å². The van der Waals surface area contributed by atoms with E-state index in [-0.39, 0.29) is 6.02 Å². The molecular weight excluding hydrogens is 246 g/mol. The molecule has 6 heteroatoms. The zero-order chi connectivity index (χ0) is 13.7. The van der Waals surface area contributed by atoms with Gasteiger partial charge in [-0.25, -0.2) is 5.41 Å². The maximum Gasteiger partial charge on any atom is 0.314 e. The Bertz CT molecular complexity index is 341. The van der Waals surface area contributed by atoms with Crippen molar-refractivity contribution in [1.29, 1.82) is 5.41 Å². The van der Waals surface area contributed by atoms with Crippen molar-refractivity contribution in [2.75, 3.05) is 26.3 Å². The summed E-state index contributed by atoms with van der Waals surface area (Å²) in [5.41, 5.74) is 0.920. The Hall–Kier alpha value is -1.14. The van der Waals surface area contributed by atoms with E-state index in [0.717, 1.165) is 31.4 Å². The maximum atomic E-state index is 7.88. The molecule has 0 aromatic rings. The number of piperidine rings is 1. The molecular formula is C13H23N3O3. The number of hydrogen-bond acceptors (Lipinski definition) is 5. The van der Waals surface area contributed by atoms with Crippen molar-refractivity contribution in [1.82, 2.24) is 4.90 Å². The average molecular weight is 269 g/mol. The Kier molecular flexibility index (Phi) is 4.76. The molecule has 2 heterocycles. The summed E-state index contributed by atoms with van der Waals surface area (Å²) in [6.45, 7) is 6.78. The zero-order valence-electron chi connectivity index (χ0n) is 11.8. The minimum atomic E-state index is -0.405. The van der Waals surface area contributed by atoms with Crippen LogP contribution in [0.5, 0.6) is 0 Å². The van der Waals surface area contributed by atoms with Gasteiger partial charge in [-0.05, 0) is 13.3 Å². The number of nitrogens with zero attached hydrogens (tertiary/aromatic N) is 2. The van der Waals surface area contributed by atoms with Gasteiger partial charge in [0.25, 0.3) is 0 Å². The fourth-order valence-corrected chi connectivity index (χ4v) is 2.42. The van der Waals surface area contributed by atoms with E-state index in [2.05, 4.69) is 12.1 Å². The third-order valence-corrected chi connectivity index (χ3v) is 3.53. The molecule has 1 spiro atoms. The van der Waals surface area contributed by atoms with Crippen LogP contribution in [0.3, 0.4) is 0 Å². The molecule has 0 aromatic heterocycles. The number of likely N-dealkylation sites (tertiary alicyclic amines) is 1. The molecule has 2 aliphatic heterocycles. The summed E-state index contributed by atoms with van der Waals surface area (Å²) in [5, 5.41) is 11.8. The summed E-state index contributed by atoms with van der Waals surface area (Å²) in [6, 6.07) is 0.114. The van der Waals surface area contributed by atoms with Crippen molar-refractivity contribution in [2.24, 2.45) is 5.16 Å². The Morgan fingerprint density at radius 1 is 1.32 bits per heavy atom. The Morgan fingerprint density at radius 3 is 2.53 bits per heavy atom. The standard InChI is InChI=1S/C13H23N3O3/c1-3-4-11(2)15-19-12(14)16-7-5-13(6-8-16)17-9-10-18-13/h14H,3-10H2,1-2H3/b14-12?,15-11+. The number of ether oxygens (including phenoxy) is 2. The minimum Gasteiger partial charge on any atom is -0.347 e. The lowest BCUT2D eigenvalue weighted by Gasteiger charge is -2.37. The van der Waals surface area contributed by atoms with Gasteiger partial charge < -0.3 is 19.2 Å². The molecule has 0 atom stereocenters. The van der Waals surface area contributed by atoms with Gasteiger partial charge in [-0.1, -0.05) is 18.5 Å². The number of rotatable bonds is 3.